The second-order valence-electron chi connectivity index (χ2n) is 7.09. The van der Waals surface area contributed by atoms with Crippen LogP contribution in [0.1, 0.15) is 26.3 Å². The summed E-state index contributed by atoms with van der Waals surface area (Å²) < 4.78 is 23.8. The third-order valence-corrected chi connectivity index (χ3v) is 3.70. The van der Waals surface area contributed by atoms with Crippen molar-refractivity contribution < 1.29 is 18.7 Å². The molecule has 1 aliphatic rings. The first-order chi connectivity index (χ1) is 11.3. The van der Waals surface area contributed by atoms with E-state index in [0.29, 0.717) is 26.2 Å². The largest absolute Gasteiger partial charge is 0.444 e. The number of nitrogens with one attached hydrogen (secondary N) is 1. The van der Waals surface area contributed by atoms with Gasteiger partial charge in [-0.05, 0) is 44.9 Å². The summed E-state index contributed by atoms with van der Waals surface area (Å²) in [6.07, 6.45) is 0.194. The lowest BCUT2D eigenvalue weighted by molar-refractivity contribution is 0.0290. The third kappa shape index (κ3) is 6.84. The number of rotatable bonds is 5. The zero-order valence-corrected chi connectivity index (χ0v) is 14.7. The molecule has 1 N–H and O–H groups in total. The van der Waals surface area contributed by atoms with Crippen LogP contribution in [0.3, 0.4) is 0 Å². The number of halogens is 1. The van der Waals surface area contributed by atoms with Crippen molar-refractivity contribution in [1.29, 1.82) is 0 Å². The molecule has 1 aliphatic heterocycles. The van der Waals surface area contributed by atoms with Gasteiger partial charge in [-0.15, -0.1) is 0 Å². The quantitative estimate of drug-likeness (QED) is 0.897. The average molecular weight is 338 g/mol. The van der Waals surface area contributed by atoms with Crippen LogP contribution in [0.15, 0.2) is 24.3 Å². The van der Waals surface area contributed by atoms with Crippen molar-refractivity contribution in [2.24, 2.45) is 0 Å². The molecule has 1 atom stereocenters. The van der Waals surface area contributed by atoms with Crippen LogP contribution in [0, 0.1) is 5.82 Å². The predicted molar refractivity (Wildman–Crippen MR) is 90.5 cm³/mol. The van der Waals surface area contributed by atoms with Crippen LogP contribution in [0.2, 0.25) is 0 Å². The Morgan fingerprint density at radius 1 is 1.29 bits per heavy atom. The molecule has 0 bridgehead atoms. The van der Waals surface area contributed by atoms with Crippen molar-refractivity contribution in [1.82, 2.24) is 10.2 Å². The molecule has 24 heavy (non-hydrogen) atoms. The molecule has 2 rings (SSSR count). The summed E-state index contributed by atoms with van der Waals surface area (Å²) in [7, 11) is 0. The van der Waals surface area contributed by atoms with Gasteiger partial charge in [-0.2, -0.15) is 0 Å². The normalized spacial score (nSPS) is 17.3. The van der Waals surface area contributed by atoms with E-state index in [1.54, 1.807) is 12.1 Å². The molecule has 0 aliphatic carbocycles. The molecular weight excluding hydrogens is 311 g/mol. The van der Waals surface area contributed by atoms with Crippen molar-refractivity contribution in [2.75, 3.05) is 32.8 Å². The van der Waals surface area contributed by atoms with E-state index in [1.807, 2.05) is 20.8 Å². The van der Waals surface area contributed by atoms with Crippen LogP contribution in [0.5, 0.6) is 0 Å². The summed E-state index contributed by atoms with van der Waals surface area (Å²) in [6, 6.07) is 6.27. The topological polar surface area (TPSA) is 50.8 Å². The van der Waals surface area contributed by atoms with E-state index in [9.17, 15) is 9.18 Å². The third-order valence-electron chi connectivity index (χ3n) is 3.70. The Hall–Kier alpha value is -1.66. The smallest absolute Gasteiger partial charge is 0.407 e. The lowest BCUT2D eigenvalue weighted by Gasteiger charge is -2.31. The summed E-state index contributed by atoms with van der Waals surface area (Å²) in [6.45, 7) is 9.31. The number of ether oxygens (including phenoxy) is 2. The molecular formula is C18H27FN2O3. The number of alkyl carbamates (subject to hydrolysis) is 1. The summed E-state index contributed by atoms with van der Waals surface area (Å²) in [5.74, 6) is -0.261. The first-order valence-electron chi connectivity index (χ1n) is 8.36. The van der Waals surface area contributed by atoms with Gasteiger partial charge in [0.2, 0.25) is 0 Å². The number of benzene rings is 1. The molecule has 1 fully saturated rings. The fourth-order valence-corrected chi connectivity index (χ4v) is 2.64. The van der Waals surface area contributed by atoms with Crippen LogP contribution in [0.25, 0.3) is 0 Å². The Morgan fingerprint density at radius 3 is 2.50 bits per heavy atom. The van der Waals surface area contributed by atoms with Gasteiger partial charge in [0.1, 0.15) is 11.4 Å². The van der Waals surface area contributed by atoms with Crippen molar-refractivity contribution in [3.05, 3.63) is 35.6 Å². The number of carbonyl (C=O) groups excluding carboxylic acids is 1. The zero-order chi connectivity index (χ0) is 17.6. The molecule has 0 radical (unpaired) electrons. The lowest BCUT2D eigenvalue weighted by Crippen LogP contribution is -2.49. The maximum absolute atomic E-state index is 13.1. The van der Waals surface area contributed by atoms with Crippen LogP contribution in [-0.4, -0.2) is 55.5 Å². The Bertz CT molecular complexity index is 522. The maximum Gasteiger partial charge on any atom is 0.407 e. The van der Waals surface area contributed by atoms with E-state index in [1.165, 1.54) is 12.1 Å². The number of hydrogen-bond donors (Lipinski definition) is 1. The second kappa shape index (κ2) is 8.44. The fourth-order valence-electron chi connectivity index (χ4n) is 2.64. The molecule has 5 nitrogen and oxygen atoms in total. The van der Waals surface area contributed by atoms with E-state index in [2.05, 4.69) is 10.2 Å². The van der Waals surface area contributed by atoms with E-state index >= 15 is 0 Å². The minimum absolute atomic E-state index is 0.108. The van der Waals surface area contributed by atoms with E-state index in [-0.39, 0.29) is 11.9 Å². The minimum atomic E-state index is -0.538. The molecule has 1 heterocycles. The number of nitrogens with zero attached hydrogens (tertiary/aromatic N) is 1. The van der Waals surface area contributed by atoms with Crippen molar-refractivity contribution in [3.8, 4) is 0 Å². The highest BCUT2D eigenvalue weighted by Gasteiger charge is 2.22. The second-order valence-corrected chi connectivity index (χ2v) is 7.09. The van der Waals surface area contributed by atoms with Gasteiger partial charge in [0.05, 0.1) is 13.2 Å². The van der Waals surface area contributed by atoms with Crippen molar-refractivity contribution in [2.45, 2.75) is 38.8 Å². The monoisotopic (exact) mass is 338 g/mol. The molecule has 1 saturated heterocycles. The molecule has 0 unspecified atom stereocenters. The van der Waals surface area contributed by atoms with Gasteiger partial charge in [0.25, 0.3) is 0 Å². The van der Waals surface area contributed by atoms with Crippen LogP contribution in [-0.2, 0) is 15.9 Å². The van der Waals surface area contributed by atoms with Crippen molar-refractivity contribution in [3.63, 3.8) is 0 Å². The standard InChI is InChI=1S/C18H27FN2O3/c1-18(2,3)24-17(22)20-16(13-21-8-10-23-11-9-21)12-14-4-6-15(19)7-5-14/h4-7,16H,8-13H2,1-3H3,(H,20,22)/t16-/m0/s1. The van der Waals surface area contributed by atoms with Gasteiger partial charge >= 0.3 is 6.09 Å². The molecule has 1 aromatic carbocycles. The van der Waals surface area contributed by atoms with Gasteiger partial charge in [0.15, 0.2) is 0 Å². The SMILES string of the molecule is CC(C)(C)OC(=O)N[C@@H](Cc1ccc(F)cc1)CN1CCOCC1. The molecule has 6 heteroatoms. The highest BCUT2D eigenvalue weighted by molar-refractivity contribution is 5.68. The number of carbonyl (C=O) groups is 1. The first kappa shape index (κ1) is 18.7. The van der Waals surface area contributed by atoms with Gasteiger partial charge in [-0.3, -0.25) is 4.90 Å². The average Bonchev–Trinajstić information content (AvgIpc) is 2.48. The number of hydrogen-bond acceptors (Lipinski definition) is 4. The Balaban J connectivity index is 1.99. The van der Waals surface area contributed by atoms with Crippen LogP contribution >= 0.6 is 0 Å². The maximum atomic E-state index is 13.1. The molecule has 134 valence electrons. The summed E-state index contributed by atoms with van der Waals surface area (Å²) >= 11 is 0. The van der Waals surface area contributed by atoms with Crippen LogP contribution in [0.4, 0.5) is 9.18 Å². The molecule has 1 amide bonds. The van der Waals surface area contributed by atoms with Gasteiger partial charge in [-0.1, -0.05) is 12.1 Å². The van der Waals surface area contributed by atoms with E-state index in [0.717, 1.165) is 18.7 Å². The summed E-state index contributed by atoms with van der Waals surface area (Å²) in [5, 5.41) is 2.95. The zero-order valence-electron chi connectivity index (χ0n) is 14.7. The predicted octanol–water partition coefficient (Wildman–Crippen LogP) is 2.59. The van der Waals surface area contributed by atoms with Crippen LogP contribution < -0.4 is 5.32 Å². The van der Waals surface area contributed by atoms with E-state index in [4.69, 9.17) is 9.47 Å². The number of amides is 1. The fraction of sp³-hybridized carbons (Fsp3) is 0.611. The van der Waals surface area contributed by atoms with E-state index < -0.39 is 11.7 Å². The Kier molecular flexibility index (Phi) is 6.57. The van der Waals surface area contributed by atoms with Gasteiger partial charge in [-0.25, -0.2) is 9.18 Å². The Morgan fingerprint density at radius 2 is 1.92 bits per heavy atom. The molecule has 1 aromatic rings. The highest BCUT2D eigenvalue weighted by Crippen LogP contribution is 2.11. The van der Waals surface area contributed by atoms with Gasteiger partial charge < -0.3 is 14.8 Å². The lowest BCUT2D eigenvalue weighted by atomic mass is 10.1. The Labute approximate surface area is 143 Å². The highest BCUT2D eigenvalue weighted by atomic mass is 19.1. The van der Waals surface area contributed by atoms with Crippen molar-refractivity contribution >= 4 is 6.09 Å². The first-order valence-corrected chi connectivity index (χ1v) is 8.36. The summed E-state index contributed by atoms with van der Waals surface area (Å²) in [4.78, 5) is 14.4. The van der Waals surface area contributed by atoms with Gasteiger partial charge in [0, 0.05) is 25.7 Å². The minimum Gasteiger partial charge on any atom is -0.444 e. The molecule has 0 spiro atoms. The molecule has 0 saturated carbocycles. The summed E-state index contributed by atoms with van der Waals surface area (Å²) in [5.41, 5.74) is 0.439. The number of morpholine rings is 1. The molecule has 0 aromatic heterocycles.